The molecule has 6 nitrogen and oxygen atoms in total. The van der Waals surface area contributed by atoms with Crippen molar-refractivity contribution < 1.29 is 14.7 Å². The summed E-state index contributed by atoms with van der Waals surface area (Å²) < 4.78 is 0. The summed E-state index contributed by atoms with van der Waals surface area (Å²) in [5.74, 6) is -1.06. The lowest BCUT2D eigenvalue weighted by atomic mass is 9.85. The predicted octanol–water partition coefficient (Wildman–Crippen LogP) is 0.966. The van der Waals surface area contributed by atoms with Gasteiger partial charge in [0.15, 0.2) is 0 Å². The maximum atomic E-state index is 12.0. The van der Waals surface area contributed by atoms with Gasteiger partial charge in [0.25, 0.3) is 0 Å². The first kappa shape index (κ1) is 14.3. The van der Waals surface area contributed by atoms with Crippen LogP contribution in [0.5, 0.6) is 0 Å². The Labute approximate surface area is 117 Å². The normalized spacial score (nSPS) is 25.4. The van der Waals surface area contributed by atoms with Gasteiger partial charge in [-0.2, -0.15) is 0 Å². The molecule has 4 N–H and O–H groups in total. The Balaban J connectivity index is 1.98. The molecule has 1 heterocycles. The number of carbonyl (C=O) groups is 2. The van der Waals surface area contributed by atoms with E-state index in [4.69, 9.17) is 5.73 Å². The van der Waals surface area contributed by atoms with Crippen molar-refractivity contribution >= 4 is 17.6 Å². The number of aromatic nitrogens is 1. The molecule has 1 aliphatic carbocycles. The number of pyridine rings is 1. The second-order valence-electron chi connectivity index (χ2n) is 5.49. The summed E-state index contributed by atoms with van der Waals surface area (Å²) in [5.41, 5.74) is 5.82. The predicted molar refractivity (Wildman–Crippen MR) is 73.9 cm³/mol. The van der Waals surface area contributed by atoms with Gasteiger partial charge in [0.2, 0.25) is 5.91 Å². The molecule has 1 aliphatic rings. The lowest BCUT2D eigenvalue weighted by molar-refractivity contribution is -0.149. The van der Waals surface area contributed by atoms with E-state index in [0.717, 1.165) is 6.42 Å². The van der Waals surface area contributed by atoms with Crippen LogP contribution in [0.1, 0.15) is 31.9 Å². The standard InChI is InChI=1S/C14H19N3O3/c1-14(13(19)20)6-2-3-11(14)17-12(18)7-10-5-4-9(15)8-16-10/h4-5,8,11H,2-3,6-7,15H2,1H3,(H,17,18)(H,19,20). The van der Waals surface area contributed by atoms with Crippen molar-refractivity contribution in [1.82, 2.24) is 10.3 Å². The van der Waals surface area contributed by atoms with Crippen LogP contribution in [-0.4, -0.2) is 28.0 Å². The molecular formula is C14H19N3O3. The first-order valence-electron chi connectivity index (χ1n) is 6.65. The van der Waals surface area contributed by atoms with E-state index in [2.05, 4.69) is 10.3 Å². The molecule has 0 aliphatic heterocycles. The molecule has 2 atom stereocenters. The molecule has 0 radical (unpaired) electrons. The molecule has 1 aromatic rings. The van der Waals surface area contributed by atoms with Gasteiger partial charge in [0.05, 0.1) is 23.7 Å². The molecule has 2 rings (SSSR count). The third-order valence-corrected chi connectivity index (χ3v) is 3.97. The van der Waals surface area contributed by atoms with Crippen LogP contribution in [-0.2, 0) is 16.0 Å². The third-order valence-electron chi connectivity index (χ3n) is 3.97. The number of hydrogen-bond acceptors (Lipinski definition) is 4. The number of anilines is 1. The number of nitrogens with one attached hydrogen (secondary N) is 1. The molecule has 0 aromatic carbocycles. The first-order chi connectivity index (χ1) is 9.41. The number of aliphatic carboxylic acids is 1. The summed E-state index contributed by atoms with van der Waals surface area (Å²) in [6.45, 7) is 1.69. The van der Waals surface area contributed by atoms with Gasteiger partial charge in [-0.05, 0) is 31.9 Å². The Morgan fingerprint density at radius 2 is 2.30 bits per heavy atom. The Kier molecular flexibility index (Phi) is 3.92. The van der Waals surface area contributed by atoms with Crippen LogP contribution >= 0.6 is 0 Å². The van der Waals surface area contributed by atoms with Crippen molar-refractivity contribution in [2.75, 3.05) is 5.73 Å². The number of carboxylic acids is 1. The molecule has 0 bridgehead atoms. The topological polar surface area (TPSA) is 105 Å². The first-order valence-corrected chi connectivity index (χ1v) is 6.65. The van der Waals surface area contributed by atoms with Crippen molar-refractivity contribution in [3.05, 3.63) is 24.0 Å². The van der Waals surface area contributed by atoms with Crippen LogP contribution in [0.2, 0.25) is 0 Å². The van der Waals surface area contributed by atoms with Gasteiger partial charge in [-0.3, -0.25) is 14.6 Å². The molecule has 1 saturated carbocycles. The van der Waals surface area contributed by atoms with E-state index in [1.54, 1.807) is 19.1 Å². The number of nitrogen functional groups attached to an aromatic ring is 1. The van der Waals surface area contributed by atoms with Crippen LogP contribution in [0.4, 0.5) is 5.69 Å². The third kappa shape index (κ3) is 2.89. The lowest BCUT2D eigenvalue weighted by Gasteiger charge is -2.27. The zero-order valence-electron chi connectivity index (χ0n) is 11.4. The SMILES string of the molecule is CC1(C(=O)O)CCCC1NC(=O)Cc1ccc(N)cn1. The van der Waals surface area contributed by atoms with Gasteiger partial charge in [-0.25, -0.2) is 0 Å². The summed E-state index contributed by atoms with van der Waals surface area (Å²) in [4.78, 5) is 27.4. The van der Waals surface area contributed by atoms with Crippen LogP contribution in [0.25, 0.3) is 0 Å². The van der Waals surface area contributed by atoms with Crippen molar-refractivity contribution in [3.8, 4) is 0 Å². The second kappa shape index (κ2) is 5.48. The monoisotopic (exact) mass is 277 g/mol. The molecule has 6 heteroatoms. The number of rotatable bonds is 4. The molecule has 2 unspecified atom stereocenters. The molecular weight excluding hydrogens is 258 g/mol. The maximum absolute atomic E-state index is 12.0. The Hall–Kier alpha value is -2.11. The molecule has 1 aromatic heterocycles. The van der Waals surface area contributed by atoms with Crippen molar-refractivity contribution in [2.45, 2.75) is 38.6 Å². The fraction of sp³-hybridized carbons (Fsp3) is 0.500. The zero-order valence-corrected chi connectivity index (χ0v) is 11.4. The molecule has 20 heavy (non-hydrogen) atoms. The summed E-state index contributed by atoms with van der Waals surface area (Å²) in [5, 5.41) is 12.1. The molecule has 1 amide bonds. The van der Waals surface area contributed by atoms with E-state index in [-0.39, 0.29) is 18.4 Å². The number of amides is 1. The van der Waals surface area contributed by atoms with Crippen LogP contribution in [0, 0.1) is 5.41 Å². The van der Waals surface area contributed by atoms with E-state index in [1.165, 1.54) is 6.20 Å². The highest BCUT2D eigenvalue weighted by Crippen LogP contribution is 2.38. The average molecular weight is 277 g/mol. The lowest BCUT2D eigenvalue weighted by Crippen LogP contribution is -2.47. The fourth-order valence-electron chi connectivity index (χ4n) is 2.60. The number of nitrogens with two attached hydrogens (primary N) is 1. The van der Waals surface area contributed by atoms with Gasteiger partial charge in [-0.15, -0.1) is 0 Å². The minimum Gasteiger partial charge on any atom is -0.481 e. The summed E-state index contributed by atoms with van der Waals surface area (Å²) in [6, 6.07) is 3.06. The highest BCUT2D eigenvalue weighted by atomic mass is 16.4. The van der Waals surface area contributed by atoms with Gasteiger partial charge >= 0.3 is 5.97 Å². The summed E-state index contributed by atoms with van der Waals surface area (Å²) in [7, 11) is 0. The number of hydrogen-bond donors (Lipinski definition) is 3. The summed E-state index contributed by atoms with van der Waals surface area (Å²) >= 11 is 0. The highest BCUT2D eigenvalue weighted by Gasteiger charge is 2.45. The molecule has 0 spiro atoms. The molecule has 0 saturated heterocycles. The van der Waals surface area contributed by atoms with Gasteiger partial charge < -0.3 is 16.2 Å². The van der Waals surface area contributed by atoms with E-state index in [1.807, 2.05) is 0 Å². The van der Waals surface area contributed by atoms with Crippen molar-refractivity contribution in [2.24, 2.45) is 5.41 Å². The van der Waals surface area contributed by atoms with Crippen LogP contribution in [0.15, 0.2) is 18.3 Å². The van der Waals surface area contributed by atoms with E-state index >= 15 is 0 Å². The van der Waals surface area contributed by atoms with E-state index in [9.17, 15) is 14.7 Å². The van der Waals surface area contributed by atoms with E-state index < -0.39 is 11.4 Å². The van der Waals surface area contributed by atoms with Crippen molar-refractivity contribution in [3.63, 3.8) is 0 Å². The van der Waals surface area contributed by atoms with Gasteiger partial charge in [0.1, 0.15) is 0 Å². The Morgan fingerprint density at radius 1 is 1.55 bits per heavy atom. The highest BCUT2D eigenvalue weighted by molar-refractivity contribution is 5.81. The average Bonchev–Trinajstić information content (AvgIpc) is 2.75. The Bertz CT molecular complexity index is 515. The van der Waals surface area contributed by atoms with Gasteiger partial charge in [-0.1, -0.05) is 6.42 Å². The molecule has 1 fully saturated rings. The quantitative estimate of drug-likeness (QED) is 0.760. The van der Waals surface area contributed by atoms with Crippen LogP contribution in [0.3, 0.4) is 0 Å². The van der Waals surface area contributed by atoms with E-state index in [0.29, 0.717) is 24.2 Å². The number of carbonyl (C=O) groups excluding carboxylic acids is 1. The summed E-state index contributed by atoms with van der Waals surface area (Å²) in [6.07, 6.45) is 3.73. The van der Waals surface area contributed by atoms with Crippen LogP contribution < -0.4 is 11.1 Å². The van der Waals surface area contributed by atoms with Gasteiger partial charge in [0, 0.05) is 11.7 Å². The van der Waals surface area contributed by atoms with Crippen molar-refractivity contribution in [1.29, 1.82) is 0 Å². The zero-order chi connectivity index (χ0) is 14.8. The number of nitrogens with zero attached hydrogens (tertiary/aromatic N) is 1. The Morgan fingerprint density at radius 3 is 2.90 bits per heavy atom. The minimum absolute atomic E-state index is 0.131. The number of carboxylic acid groups (broad SMARTS) is 1. The fourth-order valence-corrected chi connectivity index (χ4v) is 2.60. The molecule has 108 valence electrons. The largest absolute Gasteiger partial charge is 0.481 e. The second-order valence-corrected chi connectivity index (χ2v) is 5.49. The smallest absolute Gasteiger partial charge is 0.311 e. The minimum atomic E-state index is -0.871. The maximum Gasteiger partial charge on any atom is 0.311 e.